The van der Waals surface area contributed by atoms with E-state index < -0.39 is 9.84 Å². The predicted octanol–water partition coefficient (Wildman–Crippen LogP) is 5.86. The highest BCUT2D eigenvalue weighted by Crippen LogP contribution is 2.32. The highest BCUT2D eigenvalue weighted by Gasteiger charge is 2.32. The van der Waals surface area contributed by atoms with Crippen molar-refractivity contribution in [1.82, 2.24) is 4.98 Å². The summed E-state index contributed by atoms with van der Waals surface area (Å²) < 4.78 is 25.9. The summed E-state index contributed by atoms with van der Waals surface area (Å²) in [7, 11) is -3.33. The third kappa shape index (κ3) is 4.56. The summed E-state index contributed by atoms with van der Waals surface area (Å²) in [6, 6.07) is 15.1. The molecule has 0 amide bonds. The first-order valence-electron chi connectivity index (χ1n) is 10.3. The normalized spacial score (nSPS) is 15.5. The van der Waals surface area contributed by atoms with Crippen molar-refractivity contribution in [3.63, 3.8) is 0 Å². The standard InChI is InChI=1S/C23H25ClN2O2S2/c1-2-3-17-4-6-18(7-5-17)22-16-29-23(25-22)26-14-12-21(13-15-26)30(27,28)20-10-8-19(24)9-11-20/h4-11,16,21H,2-3,12-15H2,1H3. The van der Waals surface area contributed by atoms with Crippen LogP contribution in [0.15, 0.2) is 58.8 Å². The van der Waals surface area contributed by atoms with Crippen LogP contribution in [0, 0.1) is 0 Å². The fraction of sp³-hybridized carbons (Fsp3) is 0.348. The molecule has 0 spiro atoms. The Balaban J connectivity index is 1.41. The highest BCUT2D eigenvalue weighted by atomic mass is 35.5. The number of rotatable bonds is 6. The third-order valence-electron chi connectivity index (χ3n) is 5.57. The Morgan fingerprint density at radius 1 is 1.07 bits per heavy atom. The molecule has 0 radical (unpaired) electrons. The van der Waals surface area contributed by atoms with Crippen LogP contribution in [-0.4, -0.2) is 31.7 Å². The molecule has 1 saturated heterocycles. The van der Waals surface area contributed by atoms with Crippen LogP contribution < -0.4 is 4.90 Å². The molecular formula is C23H25ClN2O2S2. The van der Waals surface area contributed by atoms with Crippen molar-refractivity contribution in [2.24, 2.45) is 0 Å². The second-order valence-electron chi connectivity index (χ2n) is 7.65. The third-order valence-corrected chi connectivity index (χ3v) is 9.01. The first kappa shape index (κ1) is 21.3. The van der Waals surface area contributed by atoms with Gasteiger partial charge in [-0.1, -0.05) is 49.2 Å². The number of aryl methyl sites for hydroxylation is 1. The Bertz CT molecular complexity index is 1080. The minimum Gasteiger partial charge on any atom is -0.348 e. The monoisotopic (exact) mass is 460 g/mol. The van der Waals surface area contributed by atoms with Gasteiger partial charge in [-0.15, -0.1) is 11.3 Å². The maximum Gasteiger partial charge on any atom is 0.185 e. The molecule has 158 valence electrons. The van der Waals surface area contributed by atoms with Gasteiger partial charge in [-0.25, -0.2) is 13.4 Å². The van der Waals surface area contributed by atoms with Crippen LogP contribution in [-0.2, 0) is 16.3 Å². The first-order chi connectivity index (χ1) is 14.5. The number of hydrogen-bond acceptors (Lipinski definition) is 5. The molecule has 0 atom stereocenters. The van der Waals surface area contributed by atoms with Crippen molar-refractivity contribution in [3.8, 4) is 11.3 Å². The Morgan fingerprint density at radius 2 is 1.73 bits per heavy atom. The summed E-state index contributed by atoms with van der Waals surface area (Å²) in [5.74, 6) is 0. The van der Waals surface area contributed by atoms with Gasteiger partial charge in [0.2, 0.25) is 0 Å². The van der Waals surface area contributed by atoms with Gasteiger partial charge < -0.3 is 4.90 Å². The van der Waals surface area contributed by atoms with E-state index in [1.54, 1.807) is 35.6 Å². The van der Waals surface area contributed by atoms with E-state index in [0.29, 0.717) is 35.8 Å². The van der Waals surface area contributed by atoms with Crippen LogP contribution >= 0.6 is 22.9 Å². The zero-order valence-electron chi connectivity index (χ0n) is 16.9. The largest absolute Gasteiger partial charge is 0.348 e. The molecule has 3 aromatic rings. The van der Waals surface area contributed by atoms with Crippen molar-refractivity contribution in [1.29, 1.82) is 0 Å². The van der Waals surface area contributed by atoms with Gasteiger partial charge in [0.1, 0.15) is 0 Å². The van der Waals surface area contributed by atoms with E-state index in [0.717, 1.165) is 29.2 Å². The van der Waals surface area contributed by atoms with Crippen LogP contribution in [0.25, 0.3) is 11.3 Å². The summed E-state index contributed by atoms with van der Waals surface area (Å²) in [6.07, 6.45) is 3.44. The SMILES string of the molecule is CCCc1ccc(-c2csc(N3CCC(S(=O)(=O)c4ccc(Cl)cc4)CC3)n2)cc1. The lowest BCUT2D eigenvalue weighted by Gasteiger charge is -2.31. The molecule has 1 aromatic heterocycles. The number of benzene rings is 2. The quantitative estimate of drug-likeness (QED) is 0.462. The van der Waals surface area contributed by atoms with E-state index in [-0.39, 0.29) is 5.25 Å². The maximum absolute atomic E-state index is 12.9. The van der Waals surface area contributed by atoms with E-state index >= 15 is 0 Å². The molecule has 7 heteroatoms. The fourth-order valence-corrected chi connectivity index (χ4v) is 6.59. The maximum atomic E-state index is 12.9. The molecule has 4 nitrogen and oxygen atoms in total. The smallest absolute Gasteiger partial charge is 0.185 e. The lowest BCUT2D eigenvalue weighted by atomic mass is 10.1. The van der Waals surface area contributed by atoms with E-state index in [1.165, 1.54) is 5.56 Å². The number of aromatic nitrogens is 1. The second-order valence-corrected chi connectivity index (χ2v) is 11.1. The van der Waals surface area contributed by atoms with Gasteiger partial charge in [0.25, 0.3) is 0 Å². The Kier molecular flexibility index (Phi) is 6.46. The predicted molar refractivity (Wildman–Crippen MR) is 125 cm³/mol. The molecule has 0 saturated carbocycles. The summed E-state index contributed by atoms with van der Waals surface area (Å²) >= 11 is 7.52. The average molecular weight is 461 g/mol. The number of anilines is 1. The van der Waals surface area contributed by atoms with Gasteiger partial charge >= 0.3 is 0 Å². The number of thiazole rings is 1. The van der Waals surface area contributed by atoms with Crippen LogP contribution in [0.4, 0.5) is 5.13 Å². The highest BCUT2D eigenvalue weighted by molar-refractivity contribution is 7.92. The lowest BCUT2D eigenvalue weighted by Crippen LogP contribution is -2.39. The van der Waals surface area contributed by atoms with Gasteiger partial charge in [0.15, 0.2) is 15.0 Å². The van der Waals surface area contributed by atoms with Gasteiger partial charge in [-0.3, -0.25) is 0 Å². The van der Waals surface area contributed by atoms with Crippen LogP contribution in [0.3, 0.4) is 0 Å². The average Bonchev–Trinajstić information content (AvgIpc) is 3.25. The molecule has 1 aliphatic rings. The van der Waals surface area contributed by atoms with Crippen molar-refractivity contribution < 1.29 is 8.42 Å². The number of piperidine rings is 1. The summed E-state index contributed by atoms with van der Waals surface area (Å²) in [4.78, 5) is 7.37. The van der Waals surface area contributed by atoms with E-state index in [4.69, 9.17) is 16.6 Å². The van der Waals surface area contributed by atoms with Crippen LogP contribution in [0.5, 0.6) is 0 Å². The Morgan fingerprint density at radius 3 is 2.37 bits per heavy atom. The van der Waals surface area contributed by atoms with Crippen molar-refractivity contribution in [2.75, 3.05) is 18.0 Å². The number of hydrogen-bond donors (Lipinski definition) is 0. The molecule has 2 aromatic carbocycles. The minimum absolute atomic E-state index is 0.355. The summed E-state index contributed by atoms with van der Waals surface area (Å²) in [6.45, 7) is 3.57. The molecule has 1 aliphatic heterocycles. The zero-order valence-corrected chi connectivity index (χ0v) is 19.3. The Hall–Kier alpha value is -1.89. The van der Waals surface area contributed by atoms with Gasteiger partial charge in [0, 0.05) is 29.1 Å². The Labute approximate surface area is 187 Å². The van der Waals surface area contributed by atoms with Gasteiger partial charge in [-0.05, 0) is 49.1 Å². The summed E-state index contributed by atoms with van der Waals surface area (Å²) in [5.41, 5.74) is 3.45. The van der Waals surface area contributed by atoms with Gasteiger partial charge in [-0.2, -0.15) is 0 Å². The molecule has 0 unspecified atom stereocenters. The molecular weight excluding hydrogens is 436 g/mol. The lowest BCUT2D eigenvalue weighted by molar-refractivity contribution is 0.529. The number of nitrogens with zero attached hydrogens (tertiary/aromatic N) is 2. The van der Waals surface area contributed by atoms with Crippen LogP contribution in [0.1, 0.15) is 31.7 Å². The van der Waals surface area contributed by atoms with Crippen molar-refractivity contribution in [2.45, 2.75) is 42.8 Å². The van der Waals surface area contributed by atoms with Gasteiger partial charge in [0.05, 0.1) is 15.8 Å². The van der Waals surface area contributed by atoms with E-state index in [9.17, 15) is 8.42 Å². The molecule has 0 aliphatic carbocycles. The number of halogens is 1. The molecule has 4 rings (SSSR count). The molecule has 30 heavy (non-hydrogen) atoms. The van der Waals surface area contributed by atoms with Crippen LogP contribution in [0.2, 0.25) is 5.02 Å². The second kappa shape index (κ2) is 9.08. The molecule has 0 N–H and O–H groups in total. The zero-order chi connectivity index (χ0) is 21.1. The number of sulfone groups is 1. The minimum atomic E-state index is -3.33. The van der Waals surface area contributed by atoms with Crippen molar-refractivity contribution >= 4 is 37.9 Å². The van der Waals surface area contributed by atoms with E-state index in [1.807, 2.05) is 0 Å². The molecule has 1 fully saturated rings. The first-order valence-corrected chi connectivity index (χ1v) is 13.1. The van der Waals surface area contributed by atoms with Crippen molar-refractivity contribution in [3.05, 3.63) is 64.5 Å². The molecule has 2 heterocycles. The fourth-order valence-electron chi connectivity index (χ4n) is 3.85. The molecule has 0 bridgehead atoms. The summed E-state index contributed by atoms with van der Waals surface area (Å²) in [5, 5.41) is 3.23. The van der Waals surface area contributed by atoms with E-state index in [2.05, 4.69) is 41.5 Å². The topological polar surface area (TPSA) is 50.3 Å².